The van der Waals surface area contributed by atoms with Crippen molar-refractivity contribution in [3.05, 3.63) is 29.3 Å². The van der Waals surface area contributed by atoms with Crippen molar-refractivity contribution in [2.45, 2.75) is 0 Å². The molecule has 0 aliphatic rings. The number of amides is 1. The summed E-state index contributed by atoms with van der Waals surface area (Å²) in [6, 6.07) is 6.33. The second kappa shape index (κ2) is 8.39. The minimum atomic E-state index is -4.78. The third-order valence-electron chi connectivity index (χ3n) is 1.45. The molecule has 0 aromatic heterocycles. The first-order chi connectivity index (χ1) is 7.87. The van der Waals surface area contributed by atoms with Crippen molar-refractivity contribution in [2.75, 3.05) is 11.1 Å². The summed E-state index contributed by atoms with van der Waals surface area (Å²) in [6.07, 6.45) is 0. The molecule has 18 heavy (non-hydrogen) atoms. The molecule has 94 valence electrons. The van der Waals surface area contributed by atoms with E-state index in [1.165, 1.54) is 0 Å². The van der Waals surface area contributed by atoms with E-state index in [-0.39, 0.29) is 47.4 Å². The molecule has 0 fully saturated rings. The molecule has 0 radical (unpaired) electrons. The number of halogens is 1. The average Bonchev–Trinajstić information content (AvgIpc) is 2.19. The molecule has 10 heteroatoms. The molecule has 0 aliphatic heterocycles. The number of carbonyl (C=O) groups excluding carboxylic acids is 1. The van der Waals surface area contributed by atoms with E-state index in [0.717, 1.165) is 0 Å². The van der Waals surface area contributed by atoms with Crippen LogP contribution in [-0.2, 0) is 18.8 Å². The molecule has 0 bridgehead atoms. The Kier molecular flexibility index (Phi) is 8.48. The van der Waals surface area contributed by atoms with E-state index in [1.807, 2.05) is 0 Å². The number of nitrogens with one attached hydrogen (secondary N) is 1. The van der Waals surface area contributed by atoms with Crippen molar-refractivity contribution in [1.82, 2.24) is 0 Å². The Morgan fingerprint density at radius 3 is 2.44 bits per heavy atom. The molecule has 0 saturated heterocycles. The zero-order valence-electron chi connectivity index (χ0n) is 9.25. The number of hydrogen-bond donors (Lipinski definition) is 1. The van der Waals surface area contributed by atoms with Crippen LogP contribution in [0, 0.1) is 0 Å². The predicted octanol–water partition coefficient (Wildman–Crippen LogP) is -1.59. The molecule has 1 aromatic rings. The Morgan fingerprint density at radius 2 is 1.94 bits per heavy atom. The second-order valence-corrected chi connectivity index (χ2v) is 5.12. The molecule has 0 aliphatic carbocycles. The second-order valence-electron chi connectivity index (χ2n) is 2.79. The fourth-order valence-corrected chi connectivity index (χ4v) is 1.84. The smallest absolute Gasteiger partial charge is 0.725 e. The molecule has 0 heterocycles. The van der Waals surface area contributed by atoms with Crippen molar-refractivity contribution in [1.29, 1.82) is 0 Å². The van der Waals surface area contributed by atoms with Crippen LogP contribution in [0.4, 0.5) is 5.69 Å². The van der Waals surface area contributed by atoms with Gasteiger partial charge in [-0.2, -0.15) is 0 Å². The summed E-state index contributed by atoms with van der Waals surface area (Å²) in [4.78, 5) is 11.2. The summed E-state index contributed by atoms with van der Waals surface area (Å²) in [5, 5.41) is 2.99. The van der Waals surface area contributed by atoms with E-state index in [1.54, 1.807) is 24.3 Å². The van der Waals surface area contributed by atoms with Gasteiger partial charge in [0.2, 0.25) is 16.3 Å². The molecule has 0 atom stereocenters. The van der Waals surface area contributed by atoms with Crippen LogP contribution in [0.15, 0.2) is 24.3 Å². The zero-order valence-corrected chi connectivity index (χ0v) is 13.6. The Bertz CT molecular complexity index is 493. The molecule has 0 spiro atoms. The number of anilines is 1. The van der Waals surface area contributed by atoms with Gasteiger partial charge in [0.05, 0.1) is 0 Å². The minimum absolute atomic E-state index is 0. The first-order valence-corrected chi connectivity index (χ1v) is 6.81. The Morgan fingerprint density at radius 1 is 1.39 bits per heavy atom. The third kappa shape index (κ3) is 8.33. The van der Waals surface area contributed by atoms with E-state index in [0.29, 0.717) is 10.7 Å². The van der Waals surface area contributed by atoms with E-state index < -0.39 is 16.3 Å². The number of hydrogen-bond acceptors (Lipinski definition) is 6. The monoisotopic (exact) mass is 319 g/mol. The van der Waals surface area contributed by atoms with Gasteiger partial charge in [0, 0.05) is 22.8 Å². The Balaban J connectivity index is 0.00000289. The van der Waals surface area contributed by atoms with Crippen LogP contribution in [0.5, 0.6) is 0 Å². The summed E-state index contributed by atoms with van der Waals surface area (Å²) < 4.78 is 34.0. The molecular weight excluding hydrogens is 313 g/mol. The van der Waals surface area contributed by atoms with Gasteiger partial charge in [-0.15, -0.1) is 0 Å². The van der Waals surface area contributed by atoms with E-state index >= 15 is 0 Å². The van der Waals surface area contributed by atoms with Gasteiger partial charge in [-0.05, 0) is 24.3 Å². The largest absolute Gasteiger partial charge is 1.00 e. The third-order valence-corrected chi connectivity index (χ3v) is 3.13. The fourth-order valence-electron chi connectivity index (χ4n) is 0.867. The van der Waals surface area contributed by atoms with Gasteiger partial charge in [0.15, 0.2) is 0 Å². The molecular formula is C8H7ClNNaO5S2. The van der Waals surface area contributed by atoms with Crippen LogP contribution < -0.4 is 34.9 Å². The number of rotatable bonds is 5. The molecule has 6 nitrogen and oxygen atoms in total. The first kappa shape index (κ1) is 18.2. The molecule has 1 amide bonds. The van der Waals surface area contributed by atoms with Crippen molar-refractivity contribution >= 4 is 45.6 Å². The molecule has 0 unspecified atom stereocenters. The summed E-state index contributed by atoms with van der Waals surface area (Å²) in [7, 11) is -4.78. The summed E-state index contributed by atoms with van der Waals surface area (Å²) in [5.74, 6) is -0.814. The molecule has 0 saturated carbocycles. The fraction of sp³-hybridized carbons (Fsp3) is 0.125. The van der Waals surface area contributed by atoms with Crippen LogP contribution in [0.1, 0.15) is 0 Å². The molecule has 1 aromatic carbocycles. The van der Waals surface area contributed by atoms with E-state index in [4.69, 9.17) is 11.6 Å². The van der Waals surface area contributed by atoms with Crippen LogP contribution in [-0.4, -0.2) is 24.6 Å². The number of benzene rings is 1. The molecule has 1 rings (SSSR count). The maximum absolute atomic E-state index is 11.2. The standard InChI is InChI=1S/C8H8ClNO5S2.Na/c9-6-1-3-7(4-2-6)10-8(11)5-16-15-17(12,13)14;/h1-4H,5H2,(H,10,11)(H,12,13,14);/q;+1/p-1. The van der Waals surface area contributed by atoms with E-state index in [9.17, 15) is 17.8 Å². The van der Waals surface area contributed by atoms with Crippen LogP contribution >= 0.6 is 23.6 Å². The maximum atomic E-state index is 11.2. The SMILES string of the molecule is O=C(CSOS(=O)(=O)[O-])Nc1ccc(Cl)cc1.[Na+]. The van der Waals surface area contributed by atoms with Crippen molar-refractivity contribution in [2.24, 2.45) is 0 Å². The van der Waals surface area contributed by atoms with Crippen molar-refractivity contribution < 1.29 is 51.0 Å². The van der Waals surface area contributed by atoms with Crippen LogP contribution in [0.2, 0.25) is 5.02 Å². The Hall–Kier alpha value is 0.200. The van der Waals surface area contributed by atoms with Gasteiger partial charge in [-0.25, -0.2) is 12.0 Å². The van der Waals surface area contributed by atoms with Crippen LogP contribution in [0.25, 0.3) is 0 Å². The number of carbonyl (C=O) groups is 1. The minimum Gasteiger partial charge on any atom is -0.725 e. The van der Waals surface area contributed by atoms with Gasteiger partial charge < -0.3 is 9.87 Å². The van der Waals surface area contributed by atoms with E-state index in [2.05, 4.69) is 8.95 Å². The van der Waals surface area contributed by atoms with Crippen LogP contribution in [0.3, 0.4) is 0 Å². The van der Waals surface area contributed by atoms with Gasteiger partial charge in [0.25, 0.3) is 0 Å². The summed E-state index contributed by atoms with van der Waals surface area (Å²) in [5.41, 5.74) is 0.505. The maximum Gasteiger partial charge on any atom is 1.00 e. The van der Waals surface area contributed by atoms with Crippen molar-refractivity contribution in [3.63, 3.8) is 0 Å². The van der Waals surface area contributed by atoms with Gasteiger partial charge in [-0.3, -0.25) is 4.79 Å². The zero-order chi connectivity index (χ0) is 12.9. The quantitative estimate of drug-likeness (QED) is 0.304. The van der Waals surface area contributed by atoms with Gasteiger partial charge >= 0.3 is 29.6 Å². The topological polar surface area (TPSA) is 95.5 Å². The Labute approximate surface area is 136 Å². The van der Waals surface area contributed by atoms with Gasteiger partial charge in [-0.1, -0.05) is 11.6 Å². The predicted molar refractivity (Wildman–Crippen MR) is 63.3 cm³/mol. The van der Waals surface area contributed by atoms with Gasteiger partial charge in [0.1, 0.15) is 5.75 Å². The molecule has 1 N–H and O–H groups in total. The summed E-state index contributed by atoms with van der Waals surface area (Å²) in [6.45, 7) is 0. The average molecular weight is 320 g/mol. The normalized spacial score (nSPS) is 10.6. The van der Waals surface area contributed by atoms with Crippen molar-refractivity contribution in [3.8, 4) is 0 Å². The first-order valence-electron chi connectivity index (χ1n) is 4.19. The summed E-state index contributed by atoms with van der Waals surface area (Å²) >= 11 is 5.90.